The first kappa shape index (κ1) is 16.4. The predicted octanol–water partition coefficient (Wildman–Crippen LogP) is 1.89. The molecule has 6 heteroatoms. The molecule has 3 heterocycles. The normalized spacial score (nSPS) is 28.5. The van der Waals surface area contributed by atoms with E-state index in [1.165, 1.54) is 0 Å². The van der Waals surface area contributed by atoms with E-state index in [-0.39, 0.29) is 5.92 Å². The van der Waals surface area contributed by atoms with Crippen LogP contribution in [0.3, 0.4) is 0 Å². The fourth-order valence-electron chi connectivity index (χ4n) is 4.22. The number of carbonyl (C=O) groups is 1. The molecular weight excluding hydrogens is 322 g/mol. The van der Waals surface area contributed by atoms with Crippen LogP contribution < -0.4 is 9.47 Å². The molecule has 25 heavy (non-hydrogen) atoms. The van der Waals surface area contributed by atoms with Crippen molar-refractivity contribution in [1.82, 2.24) is 4.90 Å². The Morgan fingerprint density at radius 2 is 2.36 bits per heavy atom. The average molecular weight is 345 g/mol. The minimum atomic E-state index is -0.755. The number of carboxylic acids is 1. The van der Waals surface area contributed by atoms with E-state index >= 15 is 0 Å². The summed E-state index contributed by atoms with van der Waals surface area (Å²) in [7, 11) is 1.65. The minimum absolute atomic E-state index is 0.163. The van der Waals surface area contributed by atoms with Crippen LogP contribution in [0.2, 0.25) is 0 Å². The Kier molecular flexibility index (Phi) is 4.17. The largest absolute Gasteiger partial charge is 0.497 e. The van der Waals surface area contributed by atoms with Crippen LogP contribution in [-0.4, -0.2) is 62.5 Å². The van der Waals surface area contributed by atoms with Gasteiger partial charge in [0.15, 0.2) is 0 Å². The molecule has 2 saturated heterocycles. The van der Waals surface area contributed by atoms with E-state index < -0.39 is 11.4 Å². The summed E-state index contributed by atoms with van der Waals surface area (Å²) >= 11 is 0. The van der Waals surface area contributed by atoms with Crippen molar-refractivity contribution in [1.29, 1.82) is 0 Å². The molecule has 4 rings (SSSR count). The third kappa shape index (κ3) is 2.89. The van der Waals surface area contributed by atoms with Crippen molar-refractivity contribution in [2.75, 3.05) is 46.6 Å². The highest BCUT2D eigenvalue weighted by Crippen LogP contribution is 2.42. The molecule has 0 amide bonds. The summed E-state index contributed by atoms with van der Waals surface area (Å²) in [5.74, 6) is 1.09. The van der Waals surface area contributed by atoms with Crippen LogP contribution in [0.15, 0.2) is 23.8 Å². The number of methoxy groups -OCH3 is 1. The van der Waals surface area contributed by atoms with Crippen molar-refractivity contribution in [3.8, 4) is 11.5 Å². The number of ether oxygens (including phenoxy) is 3. The molecule has 134 valence electrons. The molecule has 0 aromatic heterocycles. The van der Waals surface area contributed by atoms with Crippen molar-refractivity contribution in [3.63, 3.8) is 0 Å². The lowest BCUT2D eigenvalue weighted by molar-refractivity contribution is -0.159. The second-order valence-electron chi connectivity index (χ2n) is 7.16. The highest BCUT2D eigenvalue weighted by molar-refractivity contribution is 5.76. The zero-order chi connectivity index (χ0) is 17.4. The number of benzene rings is 1. The monoisotopic (exact) mass is 345 g/mol. The van der Waals surface area contributed by atoms with Crippen LogP contribution in [0.4, 0.5) is 0 Å². The van der Waals surface area contributed by atoms with Gasteiger partial charge in [-0.3, -0.25) is 9.69 Å². The lowest BCUT2D eigenvalue weighted by atomic mass is 9.76. The van der Waals surface area contributed by atoms with Crippen LogP contribution in [0.1, 0.15) is 12.0 Å². The zero-order valence-electron chi connectivity index (χ0n) is 14.4. The van der Waals surface area contributed by atoms with E-state index in [1.807, 2.05) is 18.2 Å². The highest BCUT2D eigenvalue weighted by atomic mass is 16.5. The molecule has 0 unspecified atom stereocenters. The first-order valence-corrected chi connectivity index (χ1v) is 8.64. The van der Waals surface area contributed by atoms with Crippen LogP contribution in [0.25, 0.3) is 6.08 Å². The Balaban J connectivity index is 1.51. The van der Waals surface area contributed by atoms with Crippen LogP contribution in [0.5, 0.6) is 11.5 Å². The molecule has 1 aromatic carbocycles. The van der Waals surface area contributed by atoms with E-state index in [0.29, 0.717) is 26.4 Å². The topological polar surface area (TPSA) is 68.2 Å². The maximum Gasteiger partial charge on any atom is 0.313 e. The Hall–Kier alpha value is -2.05. The van der Waals surface area contributed by atoms with Crippen molar-refractivity contribution in [3.05, 3.63) is 29.3 Å². The second kappa shape index (κ2) is 6.35. The standard InChI is InChI=1S/C19H23NO5/c1-23-16-2-3-17-14(7-16)6-13(10-25-17)8-20-9-15-4-5-24-12-19(15,11-20)18(21)22/h2-3,6-7,15H,4-5,8-12H2,1H3,(H,21,22)/t15-,19+/m0/s1. The maximum absolute atomic E-state index is 11.9. The Morgan fingerprint density at radius 3 is 3.12 bits per heavy atom. The highest BCUT2D eigenvalue weighted by Gasteiger charge is 2.54. The molecule has 1 aromatic rings. The third-order valence-electron chi connectivity index (χ3n) is 5.58. The number of aliphatic carboxylic acids is 1. The third-order valence-corrected chi connectivity index (χ3v) is 5.58. The van der Waals surface area contributed by atoms with Crippen LogP contribution in [-0.2, 0) is 9.53 Å². The first-order chi connectivity index (χ1) is 12.1. The van der Waals surface area contributed by atoms with Gasteiger partial charge in [-0.15, -0.1) is 0 Å². The Bertz CT molecular complexity index is 716. The quantitative estimate of drug-likeness (QED) is 0.899. The second-order valence-corrected chi connectivity index (χ2v) is 7.16. The van der Waals surface area contributed by atoms with E-state index in [9.17, 15) is 9.90 Å². The smallest absolute Gasteiger partial charge is 0.313 e. The number of carboxylic acid groups (broad SMARTS) is 1. The molecule has 0 saturated carbocycles. The van der Waals surface area contributed by atoms with Gasteiger partial charge in [0.2, 0.25) is 0 Å². The summed E-state index contributed by atoms with van der Waals surface area (Å²) in [5.41, 5.74) is 1.41. The predicted molar refractivity (Wildman–Crippen MR) is 91.9 cm³/mol. The van der Waals surface area contributed by atoms with Gasteiger partial charge in [-0.2, -0.15) is 0 Å². The number of hydrogen-bond acceptors (Lipinski definition) is 5. The maximum atomic E-state index is 11.9. The average Bonchev–Trinajstić information content (AvgIpc) is 3.00. The van der Waals surface area contributed by atoms with Gasteiger partial charge in [0.25, 0.3) is 0 Å². The van der Waals surface area contributed by atoms with Crippen molar-refractivity contribution < 1.29 is 24.1 Å². The number of hydrogen-bond donors (Lipinski definition) is 1. The number of nitrogens with zero attached hydrogens (tertiary/aromatic N) is 1. The molecule has 1 N–H and O–H groups in total. The van der Waals surface area contributed by atoms with Gasteiger partial charge < -0.3 is 19.3 Å². The summed E-state index contributed by atoms with van der Waals surface area (Å²) in [4.78, 5) is 14.1. The number of fused-ring (bicyclic) bond motifs is 2. The molecule has 3 aliphatic heterocycles. The molecular formula is C19H23NO5. The zero-order valence-corrected chi connectivity index (χ0v) is 14.4. The van der Waals surface area contributed by atoms with Gasteiger partial charge in [0.05, 0.1) is 13.7 Å². The summed E-state index contributed by atoms with van der Waals surface area (Å²) < 4.78 is 16.6. The molecule has 6 nitrogen and oxygen atoms in total. The molecule has 2 fully saturated rings. The van der Waals surface area contributed by atoms with Gasteiger partial charge in [-0.1, -0.05) is 0 Å². The molecule has 0 bridgehead atoms. The lowest BCUT2D eigenvalue weighted by Crippen LogP contribution is -2.46. The van der Waals surface area contributed by atoms with E-state index in [4.69, 9.17) is 14.2 Å². The lowest BCUT2D eigenvalue weighted by Gasteiger charge is -2.34. The summed E-state index contributed by atoms with van der Waals surface area (Å²) in [5, 5.41) is 9.75. The summed E-state index contributed by atoms with van der Waals surface area (Å²) in [6.45, 7) is 3.58. The van der Waals surface area contributed by atoms with Gasteiger partial charge in [0, 0.05) is 31.8 Å². The summed E-state index contributed by atoms with van der Waals surface area (Å²) in [6.07, 6.45) is 2.95. The fraction of sp³-hybridized carbons (Fsp3) is 0.526. The van der Waals surface area contributed by atoms with Crippen LogP contribution >= 0.6 is 0 Å². The molecule has 0 aliphatic carbocycles. The Labute approximate surface area is 147 Å². The molecule has 0 radical (unpaired) electrons. The van der Waals surface area contributed by atoms with Gasteiger partial charge in [-0.25, -0.2) is 0 Å². The fourth-order valence-corrected chi connectivity index (χ4v) is 4.22. The summed E-state index contributed by atoms with van der Waals surface area (Å²) in [6, 6.07) is 5.77. The van der Waals surface area contributed by atoms with Crippen LogP contribution in [0, 0.1) is 11.3 Å². The molecule has 0 spiro atoms. The molecule has 3 aliphatic rings. The number of likely N-dealkylation sites (tertiary alicyclic amines) is 1. The van der Waals surface area contributed by atoms with Gasteiger partial charge in [-0.05, 0) is 42.2 Å². The number of rotatable bonds is 4. The van der Waals surface area contributed by atoms with Gasteiger partial charge in [0.1, 0.15) is 23.5 Å². The van der Waals surface area contributed by atoms with Gasteiger partial charge >= 0.3 is 5.97 Å². The molecule has 2 atom stereocenters. The Morgan fingerprint density at radius 1 is 1.48 bits per heavy atom. The van der Waals surface area contributed by atoms with E-state index in [0.717, 1.165) is 42.1 Å². The first-order valence-electron chi connectivity index (χ1n) is 8.64. The SMILES string of the molecule is COc1ccc2c(c1)C=C(CN1C[C@@H]3CCOC[C@]3(C(=O)O)C1)CO2. The van der Waals surface area contributed by atoms with Crippen molar-refractivity contribution in [2.45, 2.75) is 6.42 Å². The van der Waals surface area contributed by atoms with Crippen molar-refractivity contribution in [2.24, 2.45) is 11.3 Å². The van der Waals surface area contributed by atoms with Crippen molar-refractivity contribution >= 4 is 12.0 Å². The minimum Gasteiger partial charge on any atom is -0.497 e. The van der Waals surface area contributed by atoms with E-state index in [2.05, 4.69) is 11.0 Å². The van der Waals surface area contributed by atoms with E-state index in [1.54, 1.807) is 7.11 Å².